The van der Waals surface area contributed by atoms with Crippen LogP contribution in [0, 0.1) is 23.2 Å². The van der Waals surface area contributed by atoms with Crippen LogP contribution < -0.4 is 26.0 Å². The van der Waals surface area contributed by atoms with E-state index in [2.05, 4.69) is 31.5 Å². The third-order valence-corrected chi connectivity index (χ3v) is 17.3. The minimum atomic E-state index is -1.17. The summed E-state index contributed by atoms with van der Waals surface area (Å²) in [6.07, 6.45) is 12.4. The molecule has 18 nitrogen and oxygen atoms in total. The number of unbranched alkanes of at least 4 members (excludes halogenated alkanes) is 9. The lowest BCUT2D eigenvalue weighted by atomic mass is 9.84. The number of benzene rings is 3. The largest absolute Gasteiger partial charge is 0.507 e. The van der Waals surface area contributed by atoms with Gasteiger partial charge < -0.3 is 51.0 Å². The minimum Gasteiger partial charge on any atom is -0.507 e. The van der Waals surface area contributed by atoms with Gasteiger partial charge in [-0.15, -0.1) is 11.3 Å². The van der Waals surface area contributed by atoms with Crippen molar-refractivity contribution in [2.45, 2.75) is 167 Å². The number of β-amino-alcohol motifs (C(OH)–C–C–N with tert-alkyl or cyclic N) is 1. The van der Waals surface area contributed by atoms with Gasteiger partial charge in [0.1, 0.15) is 30.4 Å². The van der Waals surface area contributed by atoms with Crippen molar-refractivity contribution in [1.82, 2.24) is 30.3 Å². The first-order valence-corrected chi connectivity index (χ1v) is 31.0. The van der Waals surface area contributed by atoms with Gasteiger partial charge in [0, 0.05) is 82.0 Å². The number of aliphatic hydroxyl groups excluding tert-OH is 2. The molecule has 6 atom stereocenters. The molecule has 3 amide bonds. The summed E-state index contributed by atoms with van der Waals surface area (Å²) >= 11 is 1.59. The molecule has 0 bridgehead atoms. The number of nitrogens with two attached hydrogens (primary N) is 1. The van der Waals surface area contributed by atoms with E-state index in [1.165, 1.54) is 12.1 Å². The highest BCUT2D eigenvalue weighted by Gasteiger charge is 2.45. The Labute approximate surface area is 495 Å². The second kappa shape index (κ2) is 31.5. The van der Waals surface area contributed by atoms with Crippen molar-refractivity contribution in [1.29, 1.82) is 10.8 Å². The van der Waals surface area contributed by atoms with Crippen LogP contribution in [0.2, 0.25) is 0 Å². The Hall–Kier alpha value is -6.38. The Balaban J connectivity index is 0.703. The number of amides is 3. The van der Waals surface area contributed by atoms with Gasteiger partial charge in [-0.05, 0) is 86.8 Å². The van der Waals surface area contributed by atoms with E-state index in [-0.39, 0.29) is 65.9 Å². The number of likely N-dealkylation sites (tertiary alicyclic amines) is 1. The number of aliphatic hydroxyl groups is 2. The molecule has 3 aliphatic heterocycles. The number of phenolic OH excluding ortho intramolecular Hbond substituents is 1. The number of ether oxygens (including phenoxy) is 2. The lowest BCUT2D eigenvalue weighted by Gasteiger charge is -2.40. The Morgan fingerprint density at radius 2 is 1.54 bits per heavy atom. The van der Waals surface area contributed by atoms with E-state index >= 15 is 0 Å². The number of piperazine rings is 1. The SMILES string of the molecule is Cc1ncsc1-c1ccc([C@H](C)NC(=O)[C@@H]2C[C@@H](O)CN2C(O)[C@@H](NC(=O)CCCCCCCCCCCCC(=O)N2CCN(CCOc3cccc(N4CCCC(O/C(=C/C(=N)c5ccccc5O)C(=N)N)C4)c3)CC2)C(C)(C)C)cc1. The number of hydrogen-bond donors (Lipinski definition) is 8. The van der Waals surface area contributed by atoms with Gasteiger partial charge in [-0.3, -0.25) is 35.0 Å². The van der Waals surface area contributed by atoms with E-state index < -0.39 is 29.8 Å². The average molecular weight is 1160 g/mol. The van der Waals surface area contributed by atoms with Crippen LogP contribution >= 0.6 is 11.3 Å². The average Bonchev–Trinajstić information content (AvgIpc) is 4.24. The molecule has 2 unspecified atom stereocenters. The van der Waals surface area contributed by atoms with Crippen LogP contribution in [0.4, 0.5) is 5.69 Å². The van der Waals surface area contributed by atoms with Gasteiger partial charge >= 0.3 is 0 Å². The molecule has 0 spiro atoms. The number of rotatable bonds is 30. The van der Waals surface area contributed by atoms with Crippen LogP contribution in [-0.2, 0) is 19.1 Å². The minimum absolute atomic E-state index is 0.0110. The van der Waals surface area contributed by atoms with Gasteiger partial charge in [-0.1, -0.05) is 115 Å². The molecule has 4 heterocycles. The number of thiazole rings is 1. The summed E-state index contributed by atoms with van der Waals surface area (Å²) in [5.41, 5.74) is 11.5. The predicted molar refractivity (Wildman–Crippen MR) is 329 cm³/mol. The molecular weight excluding hydrogens is 1070 g/mol. The summed E-state index contributed by atoms with van der Waals surface area (Å²) in [5, 5.41) is 55.4. The van der Waals surface area contributed by atoms with Crippen LogP contribution in [0.1, 0.15) is 147 Å². The molecule has 3 saturated heterocycles. The first-order chi connectivity index (χ1) is 39.8. The molecular formula is C64H92N10O8S. The highest BCUT2D eigenvalue weighted by atomic mass is 32.1. The zero-order valence-electron chi connectivity index (χ0n) is 49.6. The monoisotopic (exact) mass is 1160 g/mol. The van der Waals surface area contributed by atoms with E-state index in [9.17, 15) is 29.7 Å². The Morgan fingerprint density at radius 1 is 0.867 bits per heavy atom. The van der Waals surface area contributed by atoms with Crippen LogP contribution in [0.25, 0.3) is 10.4 Å². The van der Waals surface area contributed by atoms with E-state index in [0.717, 1.165) is 149 Å². The van der Waals surface area contributed by atoms with Crippen molar-refractivity contribution in [3.05, 3.63) is 107 Å². The summed E-state index contributed by atoms with van der Waals surface area (Å²) in [4.78, 5) is 53.8. The van der Waals surface area contributed by atoms with Gasteiger partial charge in [0.2, 0.25) is 17.7 Å². The first-order valence-electron chi connectivity index (χ1n) is 30.1. The smallest absolute Gasteiger partial charge is 0.238 e. The van der Waals surface area contributed by atoms with Crippen LogP contribution in [0.3, 0.4) is 0 Å². The molecule has 3 aliphatic rings. The molecule has 0 radical (unpaired) electrons. The fourth-order valence-electron chi connectivity index (χ4n) is 11.4. The maximum absolute atomic E-state index is 13.7. The molecule has 0 aliphatic carbocycles. The van der Waals surface area contributed by atoms with E-state index in [4.69, 9.17) is 26.0 Å². The normalized spacial score (nSPS) is 19.2. The van der Waals surface area contributed by atoms with Gasteiger partial charge in [-0.25, -0.2) is 4.98 Å². The lowest BCUT2D eigenvalue weighted by molar-refractivity contribution is -0.135. The third kappa shape index (κ3) is 19.3. The zero-order valence-corrected chi connectivity index (χ0v) is 50.4. The fourth-order valence-corrected chi connectivity index (χ4v) is 12.2. The van der Waals surface area contributed by atoms with E-state index in [1.54, 1.807) is 34.4 Å². The molecule has 9 N–H and O–H groups in total. The molecule has 1 aromatic heterocycles. The maximum Gasteiger partial charge on any atom is 0.238 e. The Kier molecular flexibility index (Phi) is 24.4. The molecule has 7 rings (SSSR count). The number of para-hydroxylation sites is 1. The highest BCUT2D eigenvalue weighted by molar-refractivity contribution is 7.13. The lowest BCUT2D eigenvalue weighted by Crippen LogP contribution is -2.60. The van der Waals surface area contributed by atoms with Gasteiger partial charge in [0.15, 0.2) is 11.6 Å². The quantitative estimate of drug-likeness (QED) is 0.0105. The maximum atomic E-state index is 13.7. The number of amidine groups is 1. The summed E-state index contributed by atoms with van der Waals surface area (Å²) < 4.78 is 12.4. The summed E-state index contributed by atoms with van der Waals surface area (Å²) in [6, 6.07) is 21.0. The van der Waals surface area contributed by atoms with Gasteiger partial charge in [-0.2, -0.15) is 0 Å². The molecule has 0 saturated carbocycles. The molecule has 19 heteroatoms. The number of carbonyl (C=O) groups excluding carboxylic acids is 3. The van der Waals surface area contributed by atoms with Crippen molar-refractivity contribution in [2.24, 2.45) is 11.1 Å². The second-order valence-corrected chi connectivity index (χ2v) is 24.7. The van der Waals surface area contributed by atoms with Crippen LogP contribution in [-0.4, -0.2) is 154 Å². The number of aromatic nitrogens is 1. The zero-order chi connectivity index (χ0) is 59.5. The topological polar surface area (TPSA) is 254 Å². The predicted octanol–water partition coefficient (Wildman–Crippen LogP) is 9.06. The van der Waals surface area contributed by atoms with E-state index in [1.807, 2.05) is 87.5 Å². The number of allylic oxidation sites excluding steroid dienone is 1. The number of phenols is 1. The molecule has 3 fully saturated rings. The number of nitrogens with one attached hydrogen (secondary N) is 4. The highest BCUT2D eigenvalue weighted by Crippen LogP contribution is 2.32. The molecule has 83 heavy (non-hydrogen) atoms. The second-order valence-electron chi connectivity index (χ2n) is 23.8. The number of anilines is 1. The van der Waals surface area contributed by atoms with Crippen molar-refractivity contribution in [3.63, 3.8) is 0 Å². The number of aryl methyl sites for hydroxylation is 1. The number of nitrogens with zero attached hydrogens (tertiary/aromatic N) is 5. The first kappa shape index (κ1) is 64.2. The van der Waals surface area contributed by atoms with Crippen LogP contribution in [0.15, 0.2) is 90.1 Å². The van der Waals surface area contributed by atoms with Crippen molar-refractivity contribution in [2.75, 3.05) is 63.9 Å². The van der Waals surface area contributed by atoms with E-state index in [0.29, 0.717) is 31.6 Å². The summed E-state index contributed by atoms with van der Waals surface area (Å²) in [6.45, 7) is 15.8. The van der Waals surface area contributed by atoms with Crippen LogP contribution in [0.5, 0.6) is 11.5 Å². The molecule has 452 valence electrons. The number of carbonyl (C=O) groups is 3. The van der Waals surface area contributed by atoms with Gasteiger partial charge in [0.25, 0.3) is 0 Å². The molecule has 3 aromatic carbocycles. The van der Waals surface area contributed by atoms with Crippen molar-refractivity contribution >= 4 is 46.3 Å². The number of piperidine rings is 1. The Morgan fingerprint density at radius 3 is 2.19 bits per heavy atom. The van der Waals surface area contributed by atoms with Gasteiger partial charge in [0.05, 0.1) is 52.6 Å². The Bertz CT molecular complexity index is 2780. The third-order valence-electron chi connectivity index (χ3n) is 16.3. The number of aromatic hydroxyl groups is 1. The number of hydrogen-bond acceptors (Lipinski definition) is 15. The van der Waals surface area contributed by atoms with Crippen molar-refractivity contribution in [3.8, 4) is 21.9 Å². The van der Waals surface area contributed by atoms with Crippen molar-refractivity contribution < 1.29 is 39.2 Å². The molecule has 4 aromatic rings. The standard InChI is InChI=1S/C64H92N10O8S/c1-44(46-27-29-47(30-28-46)59-45(2)68-43-83-59)69-62(79)54-39-49(75)41-74(54)63(80)60(64(3,4)5)70-57(77)25-14-12-10-8-6-7-9-11-13-15-26-58(78)72-34-32-71(33-35-72)36-37-81-50-21-18-20-48(38-50)73-31-19-22-51(42-73)82-56(61(66)67)40-53(65)52-23-16-17-24-55(52)76/h16-18,20-21,23-24,27-30,38,40,43-44,49,51,54,60,63,65,75-76,80H,6-15,19,22,25-26,31-37,39,41-42H2,1-5H3,(H3,66,67)(H,69,79)(H,70,77)/b56-40+,65-53?/t44-,49+,51?,54-,60+,63?/m0/s1. The summed E-state index contributed by atoms with van der Waals surface area (Å²) in [5.74, 6) is 0.443. The fraction of sp³-hybridized carbons (Fsp3) is 0.562. The summed E-state index contributed by atoms with van der Waals surface area (Å²) in [7, 11) is 0.